The van der Waals surface area contributed by atoms with E-state index in [1.54, 1.807) is 12.1 Å². The summed E-state index contributed by atoms with van der Waals surface area (Å²) in [6.07, 6.45) is 0.732. The van der Waals surface area contributed by atoms with Crippen molar-refractivity contribution in [2.45, 2.75) is 13.3 Å². The van der Waals surface area contributed by atoms with E-state index < -0.39 is 0 Å². The minimum absolute atomic E-state index is 0.230. The van der Waals surface area contributed by atoms with Crippen molar-refractivity contribution in [1.29, 1.82) is 0 Å². The van der Waals surface area contributed by atoms with Crippen LogP contribution >= 0.6 is 0 Å². The predicted octanol–water partition coefficient (Wildman–Crippen LogP) is 4.17. The van der Waals surface area contributed by atoms with Gasteiger partial charge in [-0.1, -0.05) is 31.2 Å². The minimum atomic E-state index is -0.230. The first-order valence-corrected chi connectivity index (χ1v) is 8.65. The lowest BCUT2D eigenvalue weighted by atomic mass is 9.93. The summed E-state index contributed by atoms with van der Waals surface area (Å²) >= 11 is 0. The van der Waals surface area contributed by atoms with Crippen molar-refractivity contribution in [3.8, 4) is 0 Å². The van der Waals surface area contributed by atoms with Crippen molar-refractivity contribution in [3.05, 3.63) is 65.7 Å². The molecule has 0 unspecified atom stereocenters. The Morgan fingerprint density at radius 1 is 0.885 bits per heavy atom. The Kier molecular flexibility index (Phi) is 3.84. The summed E-state index contributed by atoms with van der Waals surface area (Å²) in [6, 6.07) is 16.7. The number of carbonyl (C=O) groups is 2. The first kappa shape index (κ1) is 16.1. The van der Waals surface area contributed by atoms with Gasteiger partial charge < -0.3 is 11.1 Å². The summed E-state index contributed by atoms with van der Waals surface area (Å²) in [4.78, 5) is 26.9. The van der Waals surface area contributed by atoms with Gasteiger partial charge in [0.2, 0.25) is 0 Å². The van der Waals surface area contributed by atoms with Gasteiger partial charge in [-0.15, -0.1) is 0 Å². The second-order valence-electron chi connectivity index (χ2n) is 6.36. The fourth-order valence-electron chi connectivity index (χ4n) is 3.44. The third-order valence-electron chi connectivity index (χ3n) is 4.67. The highest BCUT2D eigenvalue weighted by molar-refractivity contribution is 6.26. The Morgan fingerprint density at radius 3 is 2.35 bits per heavy atom. The Hall–Kier alpha value is -3.34. The Bertz CT molecular complexity index is 1020. The smallest absolute Gasteiger partial charge is 0.261 e. The van der Waals surface area contributed by atoms with E-state index in [1.807, 2.05) is 49.4 Å². The number of hydrogen-bond donors (Lipinski definition) is 2. The third-order valence-corrected chi connectivity index (χ3v) is 4.67. The number of nitrogens with two attached hydrogens (primary N) is 1. The molecule has 0 spiro atoms. The average Bonchev–Trinajstić information content (AvgIpc) is 2.65. The first-order valence-electron chi connectivity index (χ1n) is 8.65. The number of benzene rings is 3. The monoisotopic (exact) mass is 345 g/mol. The van der Waals surface area contributed by atoms with Gasteiger partial charge in [0.25, 0.3) is 11.8 Å². The molecule has 0 aliphatic carbocycles. The summed E-state index contributed by atoms with van der Waals surface area (Å²) in [5.74, 6) is -0.461. The van der Waals surface area contributed by atoms with Crippen molar-refractivity contribution in [1.82, 2.24) is 4.90 Å². The second kappa shape index (κ2) is 6.19. The van der Waals surface area contributed by atoms with Gasteiger partial charge in [-0.05, 0) is 36.8 Å². The number of rotatable bonds is 4. The number of nitrogens with zero attached hydrogens (tertiary/aromatic N) is 1. The zero-order chi connectivity index (χ0) is 18.3. The van der Waals surface area contributed by atoms with Crippen LogP contribution in [-0.2, 0) is 0 Å². The van der Waals surface area contributed by atoms with Gasteiger partial charge in [-0.2, -0.15) is 0 Å². The van der Waals surface area contributed by atoms with Crippen molar-refractivity contribution in [2.24, 2.45) is 0 Å². The normalized spacial score (nSPS) is 13.3. The van der Waals surface area contributed by atoms with E-state index in [1.165, 1.54) is 4.90 Å². The Morgan fingerprint density at radius 2 is 1.62 bits per heavy atom. The standard InChI is InChI=1S/C21H19N3O2/c1-2-12-24-20(25)14-7-5-6-13-17(11-10-15(19(13)14)21(24)26)23-18-9-4-3-8-16(18)22/h3-11,23H,2,12,22H2,1H3. The number of hydrogen-bond acceptors (Lipinski definition) is 4. The van der Waals surface area contributed by atoms with Crippen molar-refractivity contribution in [3.63, 3.8) is 0 Å². The van der Waals surface area contributed by atoms with Gasteiger partial charge in [-0.25, -0.2) is 0 Å². The highest BCUT2D eigenvalue weighted by Crippen LogP contribution is 2.36. The van der Waals surface area contributed by atoms with Crippen molar-refractivity contribution in [2.75, 3.05) is 17.6 Å². The SMILES string of the molecule is CCCN1C(=O)c2cccc3c(Nc4ccccc4N)ccc(c23)C1=O. The van der Waals surface area contributed by atoms with E-state index in [9.17, 15) is 9.59 Å². The molecule has 0 aromatic heterocycles. The van der Waals surface area contributed by atoms with Crippen LogP contribution in [0.4, 0.5) is 17.1 Å². The average molecular weight is 345 g/mol. The number of carbonyl (C=O) groups excluding carboxylic acids is 2. The molecule has 3 aromatic carbocycles. The van der Waals surface area contributed by atoms with Crippen molar-refractivity contribution < 1.29 is 9.59 Å². The van der Waals surface area contributed by atoms with E-state index in [-0.39, 0.29) is 11.8 Å². The van der Waals surface area contributed by atoms with E-state index in [0.717, 1.165) is 23.2 Å². The summed E-state index contributed by atoms with van der Waals surface area (Å²) < 4.78 is 0. The molecule has 3 aromatic rings. The highest BCUT2D eigenvalue weighted by atomic mass is 16.2. The molecule has 130 valence electrons. The van der Waals surface area contributed by atoms with Gasteiger partial charge >= 0.3 is 0 Å². The molecule has 4 rings (SSSR count). The molecule has 0 atom stereocenters. The number of para-hydroxylation sites is 2. The number of anilines is 3. The van der Waals surface area contributed by atoms with E-state index in [4.69, 9.17) is 5.73 Å². The molecule has 0 radical (unpaired) electrons. The predicted molar refractivity (Wildman–Crippen MR) is 104 cm³/mol. The molecule has 26 heavy (non-hydrogen) atoms. The number of amides is 2. The third kappa shape index (κ3) is 2.40. The zero-order valence-corrected chi connectivity index (χ0v) is 14.5. The lowest BCUT2D eigenvalue weighted by Gasteiger charge is -2.27. The van der Waals surface area contributed by atoms with Crippen LogP contribution in [0.3, 0.4) is 0 Å². The number of nitrogens with one attached hydrogen (secondary N) is 1. The van der Waals surface area contributed by atoms with Crippen LogP contribution in [0, 0.1) is 0 Å². The molecule has 1 heterocycles. The maximum atomic E-state index is 12.8. The summed E-state index contributed by atoms with van der Waals surface area (Å²) in [6.45, 7) is 2.38. The second-order valence-corrected chi connectivity index (χ2v) is 6.36. The molecule has 0 saturated carbocycles. The fourth-order valence-corrected chi connectivity index (χ4v) is 3.44. The Balaban J connectivity index is 1.89. The zero-order valence-electron chi connectivity index (χ0n) is 14.5. The first-order chi connectivity index (χ1) is 12.6. The minimum Gasteiger partial charge on any atom is -0.397 e. The summed E-state index contributed by atoms with van der Waals surface area (Å²) in [5.41, 5.74) is 9.39. The molecule has 5 heteroatoms. The van der Waals surface area contributed by atoms with Crippen LogP contribution in [0.25, 0.3) is 10.8 Å². The number of nitrogen functional groups attached to an aromatic ring is 1. The lowest BCUT2D eigenvalue weighted by molar-refractivity contribution is 0.0611. The molecule has 2 amide bonds. The van der Waals surface area contributed by atoms with Crippen LogP contribution in [0.5, 0.6) is 0 Å². The van der Waals surface area contributed by atoms with Gasteiger partial charge in [0.15, 0.2) is 0 Å². The van der Waals surface area contributed by atoms with E-state index >= 15 is 0 Å². The van der Waals surface area contributed by atoms with Crippen LogP contribution < -0.4 is 11.1 Å². The quantitative estimate of drug-likeness (QED) is 0.550. The summed E-state index contributed by atoms with van der Waals surface area (Å²) in [5, 5.41) is 4.86. The molecule has 1 aliphatic heterocycles. The van der Waals surface area contributed by atoms with Gasteiger partial charge in [0, 0.05) is 34.1 Å². The van der Waals surface area contributed by atoms with E-state index in [2.05, 4.69) is 5.32 Å². The number of imide groups is 1. The maximum absolute atomic E-state index is 12.8. The Labute approximate surface area is 151 Å². The molecular weight excluding hydrogens is 326 g/mol. The molecule has 0 saturated heterocycles. The van der Waals surface area contributed by atoms with E-state index in [0.29, 0.717) is 28.7 Å². The topological polar surface area (TPSA) is 75.4 Å². The molecule has 1 aliphatic rings. The fraction of sp³-hybridized carbons (Fsp3) is 0.143. The van der Waals surface area contributed by atoms with Crippen molar-refractivity contribution >= 4 is 39.6 Å². The van der Waals surface area contributed by atoms with Gasteiger partial charge in [0.05, 0.1) is 11.4 Å². The van der Waals surface area contributed by atoms with Crippen LogP contribution in [0.2, 0.25) is 0 Å². The molecular formula is C21H19N3O2. The van der Waals surface area contributed by atoms with Crippen LogP contribution in [0.15, 0.2) is 54.6 Å². The molecule has 5 nitrogen and oxygen atoms in total. The highest BCUT2D eigenvalue weighted by Gasteiger charge is 2.32. The van der Waals surface area contributed by atoms with Gasteiger partial charge in [0.1, 0.15) is 0 Å². The largest absolute Gasteiger partial charge is 0.397 e. The van der Waals surface area contributed by atoms with Gasteiger partial charge in [-0.3, -0.25) is 14.5 Å². The summed E-state index contributed by atoms with van der Waals surface area (Å²) in [7, 11) is 0. The van der Waals surface area contributed by atoms with Crippen LogP contribution in [-0.4, -0.2) is 23.3 Å². The van der Waals surface area contributed by atoms with Crippen LogP contribution in [0.1, 0.15) is 34.1 Å². The molecule has 0 bridgehead atoms. The maximum Gasteiger partial charge on any atom is 0.261 e. The molecule has 3 N–H and O–H groups in total. The lowest BCUT2D eigenvalue weighted by Crippen LogP contribution is -2.40. The molecule has 0 fully saturated rings.